The maximum atomic E-state index is 13.5. The number of nitrogens with one attached hydrogen (secondary N) is 2. The molecular formula is C20H23ClN4O4. The smallest absolute Gasteiger partial charge is 0.250 e. The zero-order chi connectivity index (χ0) is 21.3. The van der Waals surface area contributed by atoms with E-state index in [9.17, 15) is 19.2 Å². The molecule has 4 atom stereocenters. The summed E-state index contributed by atoms with van der Waals surface area (Å²) in [6.45, 7) is 5.34. The number of fused-ring (bicyclic) bond motifs is 4. The molecule has 9 heteroatoms. The normalized spacial score (nSPS) is 30.7. The highest BCUT2D eigenvalue weighted by atomic mass is 35.5. The number of imide groups is 1. The fourth-order valence-electron chi connectivity index (χ4n) is 5.00. The summed E-state index contributed by atoms with van der Waals surface area (Å²) < 4.78 is 0. The third kappa shape index (κ3) is 2.62. The predicted octanol–water partition coefficient (Wildman–Crippen LogP) is 1.12. The predicted molar refractivity (Wildman–Crippen MR) is 106 cm³/mol. The molecule has 4 amide bonds. The van der Waals surface area contributed by atoms with Gasteiger partial charge in [0, 0.05) is 23.6 Å². The maximum absolute atomic E-state index is 13.5. The Morgan fingerprint density at radius 1 is 1.24 bits per heavy atom. The van der Waals surface area contributed by atoms with Crippen LogP contribution in [0.1, 0.15) is 39.2 Å². The first kappa shape index (κ1) is 19.8. The molecule has 0 bridgehead atoms. The van der Waals surface area contributed by atoms with Crippen LogP contribution in [0, 0.1) is 11.8 Å². The molecule has 0 unspecified atom stereocenters. The molecule has 0 saturated carbocycles. The molecule has 2 fully saturated rings. The Morgan fingerprint density at radius 2 is 1.93 bits per heavy atom. The van der Waals surface area contributed by atoms with Gasteiger partial charge in [-0.25, -0.2) is 0 Å². The largest absolute Gasteiger partial charge is 0.370 e. The number of nitrogens with two attached hydrogens (primary N) is 1. The quantitative estimate of drug-likeness (QED) is 0.635. The first-order valence-corrected chi connectivity index (χ1v) is 9.92. The van der Waals surface area contributed by atoms with Crippen LogP contribution in [-0.2, 0) is 24.7 Å². The Bertz CT molecular complexity index is 956. The summed E-state index contributed by atoms with van der Waals surface area (Å²) in [5, 5.41) is 6.38. The molecular weight excluding hydrogens is 396 g/mol. The zero-order valence-corrected chi connectivity index (χ0v) is 17.2. The summed E-state index contributed by atoms with van der Waals surface area (Å²) in [6, 6.07) is 4.54. The Labute approximate surface area is 173 Å². The second kappa shape index (κ2) is 6.27. The van der Waals surface area contributed by atoms with Crippen molar-refractivity contribution in [2.75, 3.05) is 5.32 Å². The van der Waals surface area contributed by atoms with Gasteiger partial charge < -0.3 is 11.1 Å². The van der Waals surface area contributed by atoms with Crippen molar-refractivity contribution in [1.82, 2.24) is 10.2 Å². The second-order valence-corrected chi connectivity index (χ2v) is 9.27. The SMILES string of the molecule is CC(C)(C)N1C(=O)[C@@H]2[C@H](CCC(N)=O)N[C@]3(C(=O)Nc4c(Cl)cccc43)[C@@H]2C1=O. The van der Waals surface area contributed by atoms with Crippen molar-refractivity contribution >= 4 is 40.9 Å². The summed E-state index contributed by atoms with van der Waals surface area (Å²) in [7, 11) is 0. The van der Waals surface area contributed by atoms with Gasteiger partial charge in [0.15, 0.2) is 0 Å². The zero-order valence-electron chi connectivity index (χ0n) is 16.4. The van der Waals surface area contributed by atoms with E-state index in [2.05, 4.69) is 10.6 Å². The Balaban J connectivity index is 1.88. The van der Waals surface area contributed by atoms with Crippen molar-refractivity contribution in [2.45, 2.75) is 50.7 Å². The van der Waals surface area contributed by atoms with Crippen molar-refractivity contribution < 1.29 is 19.2 Å². The number of carbonyl (C=O) groups excluding carboxylic acids is 4. The summed E-state index contributed by atoms with van der Waals surface area (Å²) in [5.74, 6) is -3.36. The summed E-state index contributed by atoms with van der Waals surface area (Å²) in [5.41, 5.74) is 4.14. The van der Waals surface area contributed by atoms with Gasteiger partial charge >= 0.3 is 0 Å². The Morgan fingerprint density at radius 3 is 2.55 bits per heavy atom. The van der Waals surface area contributed by atoms with E-state index in [1.807, 2.05) is 0 Å². The van der Waals surface area contributed by atoms with Gasteiger partial charge in [-0.1, -0.05) is 23.7 Å². The van der Waals surface area contributed by atoms with Crippen LogP contribution in [-0.4, -0.2) is 40.1 Å². The fourth-order valence-corrected chi connectivity index (χ4v) is 5.22. The van der Waals surface area contributed by atoms with E-state index in [1.54, 1.807) is 39.0 Å². The van der Waals surface area contributed by atoms with Gasteiger partial charge in [-0.05, 0) is 33.3 Å². The number of anilines is 1. The molecule has 3 aliphatic rings. The number of hydrogen-bond acceptors (Lipinski definition) is 5. The van der Waals surface area contributed by atoms with Gasteiger partial charge in [0.2, 0.25) is 23.6 Å². The van der Waals surface area contributed by atoms with E-state index in [4.69, 9.17) is 17.3 Å². The molecule has 29 heavy (non-hydrogen) atoms. The number of hydrogen-bond donors (Lipinski definition) is 3. The number of primary amides is 1. The van der Waals surface area contributed by atoms with Crippen LogP contribution in [0.4, 0.5) is 5.69 Å². The van der Waals surface area contributed by atoms with Crippen LogP contribution in [0.3, 0.4) is 0 Å². The van der Waals surface area contributed by atoms with E-state index in [1.165, 1.54) is 4.90 Å². The average Bonchev–Trinajstić information content (AvgIpc) is 3.19. The Kier molecular flexibility index (Phi) is 4.29. The molecule has 3 aliphatic heterocycles. The van der Waals surface area contributed by atoms with Gasteiger partial charge in [-0.3, -0.25) is 29.4 Å². The van der Waals surface area contributed by atoms with Crippen molar-refractivity contribution in [3.05, 3.63) is 28.8 Å². The van der Waals surface area contributed by atoms with Gasteiger partial charge in [0.05, 0.1) is 22.5 Å². The first-order chi connectivity index (χ1) is 13.5. The molecule has 1 aromatic carbocycles. The molecule has 4 rings (SSSR count). The molecule has 1 spiro atoms. The molecule has 1 aromatic rings. The lowest BCUT2D eigenvalue weighted by Gasteiger charge is -2.34. The van der Waals surface area contributed by atoms with Gasteiger partial charge in [0.1, 0.15) is 5.54 Å². The molecule has 0 radical (unpaired) electrons. The molecule has 2 saturated heterocycles. The van der Waals surface area contributed by atoms with Crippen LogP contribution >= 0.6 is 11.6 Å². The van der Waals surface area contributed by atoms with Crippen LogP contribution in [0.5, 0.6) is 0 Å². The van der Waals surface area contributed by atoms with Crippen molar-refractivity contribution in [3.63, 3.8) is 0 Å². The van der Waals surface area contributed by atoms with Crippen molar-refractivity contribution in [2.24, 2.45) is 17.6 Å². The van der Waals surface area contributed by atoms with E-state index in [-0.39, 0.29) is 18.7 Å². The number of benzene rings is 1. The minimum Gasteiger partial charge on any atom is -0.370 e. The summed E-state index contributed by atoms with van der Waals surface area (Å²) in [6.07, 6.45) is 0.288. The first-order valence-electron chi connectivity index (χ1n) is 9.54. The molecule has 4 N–H and O–H groups in total. The third-order valence-corrected chi connectivity index (χ3v) is 6.39. The van der Waals surface area contributed by atoms with Crippen LogP contribution in [0.15, 0.2) is 18.2 Å². The number of halogens is 1. The van der Waals surface area contributed by atoms with Gasteiger partial charge in [-0.2, -0.15) is 0 Å². The van der Waals surface area contributed by atoms with Gasteiger partial charge in [0.25, 0.3) is 0 Å². The van der Waals surface area contributed by atoms with Crippen molar-refractivity contribution in [3.8, 4) is 0 Å². The average molecular weight is 419 g/mol. The lowest BCUT2D eigenvalue weighted by molar-refractivity contribution is -0.148. The van der Waals surface area contributed by atoms with Crippen molar-refractivity contribution in [1.29, 1.82) is 0 Å². The monoisotopic (exact) mass is 418 g/mol. The molecule has 3 heterocycles. The number of likely N-dealkylation sites (tertiary alicyclic amines) is 1. The highest BCUT2D eigenvalue weighted by molar-refractivity contribution is 6.35. The number of nitrogens with zero attached hydrogens (tertiary/aromatic N) is 1. The van der Waals surface area contributed by atoms with E-state index < -0.39 is 46.7 Å². The minimum absolute atomic E-state index is 0.0397. The number of rotatable bonds is 3. The van der Waals surface area contributed by atoms with E-state index in [0.717, 1.165) is 0 Å². The third-order valence-electron chi connectivity index (χ3n) is 6.07. The standard InChI is InChI=1S/C20H23ClN4O4/c1-19(2,3)25-16(27)13-11(7-8-12(22)26)24-20(14(13)17(25)28)9-5-4-6-10(21)15(9)23-18(20)29/h4-6,11,13-14,24H,7-8H2,1-3H3,(H2,22,26)(H,23,29)/t11-,13+,14-,20-/m0/s1. The fraction of sp³-hybridized carbons (Fsp3) is 0.500. The number of amides is 4. The molecule has 0 aliphatic carbocycles. The lowest BCUT2D eigenvalue weighted by Crippen LogP contribution is -2.55. The lowest BCUT2D eigenvalue weighted by atomic mass is 9.76. The second-order valence-electron chi connectivity index (χ2n) is 8.87. The highest BCUT2D eigenvalue weighted by Gasteiger charge is 2.71. The van der Waals surface area contributed by atoms with Gasteiger partial charge in [-0.15, -0.1) is 0 Å². The minimum atomic E-state index is -1.42. The number of para-hydroxylation sites is 1. The summed E-state index contributed by atoms with van der Waals surface area (Å²) in [4.78, 5) is 52.7. The van der Waals surface area contributed by atoms with E-state index >= 15 is 0 Å². The summed E-state index contributed by atoms with van der Waals surface area (Å²) >= 11 is 6.28. The van der Waals surface area contributed by atoms with E-state index in [0.29, 0.717) is 16.3 Å². The van der Waals surface area contributed by atoms with Crippen LogP contribution in [0.2, 0.25) is 5.02 Å². The molecule has 8 nitrogen and oxygen atoms in total. The van der Waals surface area contributed by atoms with Crippen LogP contribution < -0.4 is 16.4 Å². The number of carbonyl (C=O) groups is 4. The molecule has 0 aromatic heterocycles. The van der Waals surface area contributed by atoms with Crippen LogP contribution in [0.25, 0.3) is 0 Å². The Hall–Kier alpha value is -2.45. The molecule has 154 valence electrons. The maximum Gasteiger partial charge on any atom is 0.250 e. The topological polar surface area (TPSA) is 122 Å². The highest BCUT2D eigenvalue weighted by Crippen LogP contribution is 2.55.